The van der Waals surface area contributed by atoms with Crippen LogP contribution in [0.1, 0.15) is 6.92 Å². The quantitative estimate of drug-likeness (QED) is 0.417. The number of nitrogens with zero attached hydrogens (tertiary/aromatic N) is 5. The number of nitrogens with one attached hydrogen (secondary N) is 2. The summed E-state index contributed by atoms with van der Waals surface area (Å²) in [5.74, 6) is 3.68. The maximum atomic E-state index is 11.4. The predicted octanol–water partition coefficient (Wildman–Crippen LogP) is 4.18. The summed E-state index contributed by atoms with van der Waals surface area (Å²) in [6.45, 7) is 3.32. The van der Waals surface area contributed by atoms with Gasteiger partial charge < -0.3 is 20.3 Å². The molecular weight excluding hydrogens is 466 g/mol. The Morgan fingerprint density at radius 2 is 1.97 bits per heavy atom. The first-order valence-electron chi connectivity index (χ1n) is 11.3. The van der Waals surface area contributed by atoms with Gasteiger partial charge in [0.15, 0.2) is 0 Å². The number of rotatable bonds is 6. The molecule has 2 unspecified atom stereocenters. The zero-order valence-electron chi connectivity index (χ0n) is 18.9. The smallest absolute Gasteiger partial charge is 0.217 e. The van der Waals surface area contributed by atoms with Gasteiger partial charge in [-0.05, 0) is 36.4 Å². The number of anilines is 3. The van der Waals surface area contributed by atoms with E-state index in [1.165, 1.54) is 6.33 Å². The molecule has 176 valence electrons. The largest absolute Gasteiger partial charge is 0.454 e. The number of carbonyl (C=O) groups is 1. The van der Waals surface area contributed by atoms with E-state index in [0.29, 0.717) is 40.2 Å². The van der Waals surface area contributed by atoms with E-state index < -0.39 is 0 Å². The number of carbonyl (C=O) groups excluding carboxylic acids is 1. The lowest BCUT2D eigenvalue weighted by molar-refractivity contribution is -0.119. The number of pyridine rings is 2. The van der Waals surface area contributed by atoms with Crippen molar-refractivity contribution in [1.82, 2.24) is 25.3 Å². The van der Waals surface area contributed by atoms with E-state index in [2.05, 4.69) is 35.5 Å². The molecule has 2 N–H and O–H groups in total. The van der Waals surface area contributed by atoms with Gasteiger partial charge in [-0.25, -0.2) is 15.0 Å². The second-order valence-corrected chi connectivity index (χ2v) is 9.21. The molecule has 2 atom stereocenters. The molecule has 35 heavy (non-hydrogen) atoms. The number of hydrogen-bond acceptors (Lipinski definition) is 8. The van der Waals surface area contributed by atoms with Gasteiger partial charge in [0.2, 0.25) is 5.91 Å². The molecule has 2 fully saturated rings. The van der Waals surface area contributed by atoms with E-state index in [1.54, 1.807) is 43.7 Å². The average molecular weight is 488 g/mol. The fourth-order valence-corrected chi connectivity index (χ4v) is 4.93. The highest BCUT2D eigenvalue weighted by Crippen LogP contribution is 2.46. The molecule has 1 saturated heterocycles. The molecule has 9 nitrogen and oxygen atoms in total. The van der Waals surface area contributed by atoms with Crippen molar-refractivity contribution in [2.75, 3.05) is 23.3 Å². The third-order valence-electron chi connectivity index (χ3n) is 6.45. The molecule has 1 aliphatic heterocycles. The Morgan fingerprint density at radius 3 is 2.71 bits per heavy atom. The van der Waals surface area contributed by atoms with Crippen LogP contribution in [0.2, 0.25) is 5.02 Å². The van der Waals surface area contributed by atoms with Gasteiger partial charge in [-0.1, -0.05) is 11.6 Å². The second kappa shape index (κ2) is 8.66. The second-order valence-electron chi connectivity index (χ2n) is 8.80. The van der Waals surface area contributed by atoms with Gasteiger partial charge in [0, 0.05) is 55.2 Å². The number of fused-ring (bicyclic) bond motifs is 2. The molecule has 3 aromatic heterocycles. The standard InChI is InChI=1S/C25H22ClN7O2/c1-14(34)31-24-18-11-33(12-19(18)24)23-8-17-21(10-28-23)29-13-30-25(17)32-15-4-5-22(20(26)7-15)35-16-3-2-6-27-9-16/h2-10,13,18-19,24H,11-12H2,1H3,(H,31,34)(H,29,30,32). The number of amides is 1. The van der Waals surface area contributed by atoms with Gasteiger partial charge in [-0.15, -0.1) is 0 Å². The van der Waals surface area contributed by atoms with E-state index in [9.17, 15) is 4.79 Å². The zero-order chi connectivity index (χ0) is 23.9. The molecule has 1 aliphatic carbocycles. The van der Waals surface area contributed by atoms with Crippen molar-refractivity contribution in [1.29, 1.82) is 0 Å². The summed E-state index contributed by atoms with van der Waals surface area (Å²) in [6.07, 6.45) is 6.59. The third kappa shape index (κ3) is 4.30. The Labute approximate surface area is 206 Å². The topological polar surface area (TPSA) is 105 Å². The lowest BCUT2D eigenvalue weighted by Crippen LogP contribution is -2.33. The number of ether oxygens (including phenoxy) is 1. The molecule has 4 aromatic rings. The molecule has 10 heteroatoms. The fraction of sp³-hybridized carbons (Fsp3) is 0.240. The SMILES string of the molecule is CC(=O)NC1C2CN(c3cc4c(Nc5ccc(Oc6cccnc6)c(Cl)c5)ncnc4cn3)CC21. The van der Waals surface area contributed by atoms with Crippen molar-refractivity contribution in [3.8, 4) is 11.5 Å². The van der Waals surface area contributed by atoms with Crippen LogP contribution in [0.4, 0.5) is 17.3 Å². The molecule has 4 heterocycles. The maximum Gasteiger partial charge on any atom is 0.217 e. The summed E-state index contributed by atoms with van der Waals surface area (Å²) >= 11 is 6.48. The van der Waals surface area contributed by atoms with Crippen molar-refractivity contribution < 1.29 is 9.53 Å². The van der Waals surface area contributed by atoms with Crippen LogP contribution in [-0.4, -0.2) is 45.0 Å². The summed E-state index contributed by atoms with van der Waals surface area (Å²) in [6, 6.07) is 11.4. The molecule has 6 rings (SSSR count). The number of halogens is 1. The maximum absolute atomic E-state index is 11.4. The highest BCUT2D eigenvalue weighted by Gasteiger charge is 2.56. The lowest BCUT2D eigenvalue weighted by atomic mass is 10.2. The van der Waals surface area contributed by atoms with Crippen LogP contribution in [0.25, 0.3) is 10.9 Å². The van der Waals surface area contributed by atoms with E-state index in [0.717, 1.165) is 35.5 Å². The van der Waals surface area contributed by atoms with Crippen LogP contribution in [0, 0.1) is 11.8 Å². The van der Waals surface area contributed by atoms with E-state index in [-0.39, 0.29) is 5.91 Å². The summed E-state index contributed by atoms with van der Waals surface area (Å²) in [5.41, 5.74) is 1.52. The number of piperidine rings is 1. The van der Waals surface area contributed by atoms with E-state index in [1.807, 2.05) is 18.2 Å². The van der Waals surface area contributed by atoms with Crippen molar-refractivity contribution >= 4 is 45.7 Å². The minimum absolute atomic E-state index is 0.0319. The van der Waals surface area contributed by atoms with Gasteiger partial charge in [-0.3, -0.25) is 9.78 Å². The van der Waals surface area contributed by atoms with Crippen molar-refractivity contribution in [2.24, 2.45) is 11.8 Å². The molecular formula is C25H22ClN7O2. The lowest BCUT2D eigenvalue weighted by Gasteiger charge is -2.21. The fourth-order valence-electron chi connectivity index (χ4n) is 4.72. The first-order chi connectivity index (χ1) is 17.0. The van der Waals surface area contributed by atoms with Crippen LogP contribution in [0.3, 0.4) is 0 Å². The Morgan fingerprint density at radius 1 is 1.11 bits per heavy atom. The summed E-state index contributed by atoms with van der Waals surface area (Å²) in [4.78, 5) is 31.1. The van der Waals surface area contributed by atoms with Crippen molar-refractivity contribution in [3.05, 3.63) is 66.3 Å². The molecule has 0 spiro atoms. The Balaban J connectivity index is 1.21. The number of benzene rings is 1. The average Bonchev–Trinajstić information content (AvgIpc) is 3.27. The van der Waals surface area contributed by atoms with E-state index in [4.69, 9.17) is 16.3 Å². The Kier molecular flexibility index (Phi) is 5.33. The molecule has 0 bridgehead atoms. The normalized spacial score (nSPS) is 20.4. The molecule has 1 saturated carbocycles. The number of aromatic nitrogens is 4. The van der Waals surface area contributed by atoms with Gasteiger partial charge in [0.05, 0.1) is 22.9 Å². The van der Waals surface area contributed by atoms with Gasteiger partial charge in [-0.2, -0.15) is 0 Å². The van der Waals surface area contributed by atoms with Crippen LogP contribution in [0.5, 0.6) is 11.5 Å². The molecule has 0 radical (unpaired) electrons. The minimum Gasteiger partial charge on any atom is -0.454 e. The van der Waals surface area contributed by atoms with Crippen molar-refractivity contribution in [2.45, 2.75) is 13.0 Å². The van der Waals surface area contributed by atoms with Crippen LogP contribution in [-0.2, 0) is 4.79 Å². The molecule has 1 amide bonds. The van der Waals surface area contributed by atoms with Crippen LogP contribution < -0.4 is 20.3 Å². The van der Waals surface area contributed by atoms with Gasteiger partial charge in [0.25, 0.3) is 0 Å². The minimum atomic E-state index is 0.0319. The van der Waals surface area contributed by atoms with E-state index >= 15 is 0 Å². The Bertz CT molecular complexity index is 1410. The first-order valence-corrected chi connectivity index (χ1v) is 11.7. The van der Waals surface area contributed by atoms with Crippen molar-refractivity contribution in [3.63, 3.8) is 0 Å². The Hall–Kier alpha value is -3.98. The first kappa shape index (κ1) is 21.5. The van der Waals surface area contributed by atoms with Crippen LogP contribution in [0.15, 0.2) is 61.3 Å². The zero-order valence-corrected chi connectivity index (χ0v) is 19.6. The highest BCUT2D eigenvalue weighted by molar-refractivity contribution is 6.32. The predicted molar refractivity (Wildman–Crippen MR) is 133 cm³/mol. The number of hydrogen-bond donors (Lipinski definition) is 2. The summed E-state index contributed by atoms with van der Waals surface area (Å²) < 4.78 is 5.81. The monoisotopic (exact) mass is 487 g/mol. The summed E-state index contributed by atoms with van der Waals surface area (Å²) in [7, 11) is 0. The van der Waals surface area contributed by atoms with Gasteiger partial charge in [0.1, 0.15) is 29.5 Å². The highest BCUT2D eigenvalue weighted by atomic mass is 35.5. The molecule has 2 aliphatic rings. The summed E-state index contributed by atoms with van der Waals surface area (Å²) in [5, 5.41) is 7.71. The van der Waals surface area contributed by atoms with Gasteiger partial charge >= 0.3 is 0 Å². The van der Waals surface area contributed by atoms with Crippen LogP contribution >= 0.6 is 11.6 Å². The third-order valence-corrected chi connectivity index (χ3v) is 6.75. The molecule has 1 aromatic carbocycles.